The minimum Gasteiger partial charge on any atom is -0.490 e. The largest absolute Gasteiger partial charge is 0.490 e. The van der Waals surface area contributed by atoms with E-state index in [2.05, 4.69) is 10.6 Å². The lowest BCUT2D eigenvalue weighted by Crippen LogP contribution is -2.18. The highest BCUT2D eigenvalue weighted by molar-refractivity contribution is 6.04. The molecule has 1 aliphatic heterocycles. The predicted molar refractivity (Wildman–Crippen MR) is 89.9 cm³/mol. The molecule has 0 bridgehead atoms. The molecule has 0 saturated carbocycles. The zero-order valence-electron chi connectivity index (χ0n) is 13.1. The molecule has 2 aromatic rings. The number of allylic oxidation sites excluding steroid dienone is 1. The van der Waals surface area contributed by atoms with Crippen LogP contribution in [0.5, 0.6) is 5.75 Å². The van der Waals surface area contributed by atoms with Crippen molar-refractivity contribution in [2.45, 2.75) is 6.18 Å². The monoisotopic (exact) mass is 348 g/mol. The smallest absolute Gasteiger partial charge is 0.409 e. The van der Waals surface area contributed by atoms with Crippen LogP contribution >= 0.6 is 0 Å². The summed E-state index contributed by atoms with van der Waals surface area (Å²) in [5.41, 5.74) is 2.12. The molecule has 1 aliphatic rings. The number of anilines is 2. The molecule has 1 heterocycles. The third kappa shape index (κ3) is 4.53. The number of halogens is 3. The van der Waals surface area contributed by atoms with Crippen molar-refractivity contribution in [3.63, 3.8) is 0 Å². The van der Waals surface area contributed by atoms with Crippen molar-refractivity contribution in [1.82, 2.24) is 0 Å². The molecule has 0 saturated heterocycles. The Morgan fingerprint density at radius 1 is 1.16 bits per heavy atom. The van der Waals surface area contributed by atoms with Gasteiger partial charge in [-0.3, -0.25) is 4.79 Å². The van der Waals surface area contributed by atoms with Crippen LogP contribution in [0.2, 0.25) is 0 Å². The van der Waals surface area contributed by atoms with E-state index in [0.717, 1.165) is 17.5 Å². The average Bonchev–Trinajstić information content (AvgIpc) is 2.59. The molecule has 1 amide bonds. The van der Waals surface area contributed by atoms with Crippen LogP contribution in [0.15, 0.2) is 48.5 Å². The highest BCUT2D eigenvalue weighted by atomic mass is 19.4. The van der Waals surface area contributed by atoms with Gasteiger partial charge in [0.05, 0.1) is 5.69 Å². The van der Waals surface area contributed by atoms with Gasteiger partial charge in [0.25, 0.3) is 5.91 Å². The highest BCUT2D eigenvalue weighted by Gasteiger charge is 2.21. The Balaban J connectivity index is 1.68. The fourth-order valence-electron chi connectivity index (χ4n) is 2.36. The van der Waals surface area contributed by atoms with Gasteiger partial charge in [0, 0.05) is 23.9 Å². The average molecular weight is 348 g/mol. The molecule has 0 aliphatic carbocycles. The second kappa shape index (κ2) is 6.88. The summed E-state index contributed by atoms with van der Waals surface area (Å²) in [4.78, 5) is 12.2. The van der Waals surface area contributed by atoms with Crippen LogP contribution in [0.4, 0.5) is 24.5 Å². The summed E-state index contributed by atoms with van der Waals surface area (Å²) in [5, 5.41) is 5.93. The Hall–Kier alpha value is -2.96. The maximum atomic E-state index is 12.2. The van der Waals surface area contributed by atoms with Gasteiger partial charge in [0.1, 0.15) is 12.4 Å². The number of ether oxygens (including phenoxy) is 1. The lowest BCUT2D eigenvalue weighted by molar-refractivity contribution is -0.0790. The zero-order valence-corrected chi connectivity index (χ0v) is 13.1. The van der Waals surface area contributed by atoms with Gasteiger partial charge in [-0.1, -0.05) is 18.2 Å². The van der Waals surface area contributed by atoms with Crippen LogP contribution < -0.4 is 15.4 Å². The molecule has 3 rings (SSSR count). The van der Waals surface area contributed by atoms with Crippen LogP contribution in [0.3, 0.4) is 0 Å². The van der Waals surface area contributed by atoms with Crippen molar-refractivity contribution in [3.05, 3.63) is 59.7 Å². The van der Waals surface area contributed by atoms with E-state index >= 15 is 0 Å². The van der Waals surface area contributed by atoms with E-state index in [1.807, 2.05) is 0 Å². The SMILES string of the molecule is O=C(Nc1ccc2c(c1)NCCO2)c1ccc(/C=C/C(F)(F)F)cc1. The van der Waals surface area contributed by atoms with Crippen LogP contribution in [0, 0.1) is 0 Å². The first-order valence-electron chi connectivity index (χ1n) is 7.59. The van der Waals surface area contributed by atoms with Crippen LogP contribution in [0.25, 0.3) is 6.08 Å². The standard InChI is InChI=1S/C18H15F3N2O2/c19-18(20,21)8-7-12-1-3-13(4-2-12)17(24)23-14-5-6-16-15(11-14)22-9-10-25-16/h1-8,11,22H,9-10H2,(H,23,24)/b8-7+. The Morgan fingerprint density at radius 3 is 2.64 bits per heavy atom. The topological polar surface area (TPSA) is 50.4 Å². The van der Waals surface area contributed by atoms with Crippen molar-refractivity contribution < 1.29 is 22.7 Å². The van der Waals surface area contributed by atoms with Crippen molar-refractivity contribution >= 4 is 23.4 Å². The van der Waals surface area contributed by atoms with E-state index in [0.29, 0.717) is 30.0 Å². The van der Waals surface area contributed by atoms with Gasteiger partial charge in [0.15, 0.2) is 0 Å². The molecule has 0 spiro atoms. The number of amides is 1. The normalized spacial score (nSPS) is 13.7. The third-order valence-electron chi connectivity index (χ3n) is 3.55. The van der Waals surface area contributed by atoms with Crippen molar-refractivity contribution in [2.24, 2.45) is 0 Å². The maximum absolute atomic E-state index is 12.2. The highest BCUT2D eigenvalue weighted by Crippen LogP contribution is 2.30. The predicted octanol–water partition coefficient (Wildman–Crippen LogP) is 4.32. The van der Waals surface area contributed by atoms with Crippen molar-refractivity contribution in [3.8, 4) is 5.75 Å². The quantitative estimate of drug-likeness (QED) is 0.869. The molecule has 0 unspecified atom stereocenters. The molecule has 0 aromatic heterocycles. The first kappa shape index (κ1) is 16.9. The number of rotatable bonds is 3. The summed E-state index contributed by atoms with van der Waals surface area (Å²) in [6, 6.07) is 11.1. The summed E-state index contributed by atoms with van der Waals surface area (Å²) < 4.78 is 41.9. The molecule has 0 radical (unpaired) electrons. The minimum atomic E-state index is -4.36. The second-order valence-electron chi connectivity index (χ2n) is 5.44. The van der Waals surface area contributed by atoms with E-state index in [-0.39, 0.29) is 12.0 Å². The van der Waals surface area contributed by atoms with E-state index in [1.54, 1.807) is 18.2 Å². The number of carbonyl (C=O) groups excluding carboxylic acids is 1. The molecule has 25 heavy (non-hydrogen) atoms. The number of alkyl halides is 3. The number of carbonyl (C=O) groups is 1. The van der Waals surface area contributed by atoms with E-state index in [9.17, 15) is 18.0 Å². The van der Waals surface area contributed by atoms with Gasteiger partial charge < -0.3 is 15.4 Å². The third-order valence-corrected chi connectivity index (χ3v) is 3.55. The van der Waals surface area contributed by atoms with Crippen LogP contribution in [-0.2, 0) is 0 Å². The zero-order chi connectivity index (χ0) is 17.9. The summed E-state index contributed by atoms with van der Waals surface area (Å²) in [7, 11) is 0. The molecular weight excluding hydrogens is 333 g/mol. The number of fused-ring (bicyclic) bond motifs is 1. The lowest BCUT2D eigenvalue weighted by atomic mass is 10.1. The first-order valence-corrected chi connectivity index (χ1v) is 7.59. The Bertz CT molecular complexity index is 799. The minimum absolute atomic E-state index is 0.157. The fraction of sp³-hybridized carbons (Fsp3) is 0.167. The van der Waals surface area contributed by atoms with Crippen molar-refractivity contribution in [1.29, 1.82) is 0 Å². The maximum Gasteiger partial charge on any atom is 0.409 e. The fourth-order valence-corrected chi connectivity index (χ4v) is 2.36. The summed E-state index contributed by atoms with van der Waals surface area (Å²) in [5.74, 6) is 0.382. The number of hydrogen-bond acceptors (Lipinski definition) is 3. The van der Waals surface area contributed by atoms with Gasteiger partial charge in [-0.25, -0.2) is 0 Å². The summed E-state index contributed by atoms with van der Waals surface area (Å²) in [6.07, 6.45) is -3.25. The first-order chi connectivity index (χ1) is 11.9. The van der Waals surface area contributed by atoms with E-state index < -0.39 is 6.18 Å². The molecule has 2 N–H and O–H groups in total. The molecule has 0 atom stereocenters. The number of hydrogen-bond donors (Lipinski definition) is 2. The molecule has 7 heteroatoms. The molecule has 4 nitrogen and oxygen atoms in total. The van der Waals surface area contributed by atoms with Gasteiger partial charge in [-0.2, -0.15) is 13.2 Å². The molecule has 0 fully saturated rings. The van der Waals surface area contributed by atoms with Crippen LogP contribution in [-0.4, -0.2) is 25.2 Å². The number of benzene rings is 2. The lowest BCUT2D eigenvalue weighted by Gasteiger charge is -2.19. The van der Waals surface area contributed by atoms with Gasteiger partial charge >= 0.3 is 6.18 Å². The Kier molecular flexibility index (Phi) is 4.65. The van der Waals surface area contributed by atoms with Crippen molar-refractivity contribution in [2.75, 3.05) is 23.8 Å². The molecule has 130 valence electrons. The molecule has 2 aromatic carbocycles. The van der Waals surface area contributed by atoms with Crippen LogP contribution in [0.1, 0.15) is 15.9 Å². The number of nitrogens with one attached hydrogen (secondary N) is 2. The van der Waals surface area contributed by atoms with E-state index in [1.165, 1.54) is 24.3 Å². The van der Waals surface area contributed by atoms with Gasteiger partial charge in [-0.15, -0.1) is 0 Å². The Labute approximate surface area is 142 Å². The molecular formula is C18H15F3N2O2. The summed E-state index contributed by atoms with van der Waals surface area (Å²) in [6.45, 7) is 1.28. The van der Waals surface area contributed by atoms with Gasteiger partial charge in [-0.05, 0) is 35.9 Å². The summed E-state index contributed by atoms with van der Waals surface area (Å²) >= 11 is 0. The Morgan fingerprint density at radius 2 is 1.92 bits per heavy atom. The second-order valence-corrected chi connectivity index (χ2v) is 5.44. The van der Waals surface area contributed by atoms with Gasteiger partial charge in [0.2, 0.25) is 0 Å². The van der Waals surface area contributed by atoms with E-state index in [4.69, 9.17) is 4.74 Å².